The summed E-state index contributed by atoms with van der Waals surface area (Å²) in [7, 11) is 5.52. The van der Waals surface area contributed by atoms with E-state index >= 15 is 0 Å². The van der Waals surface area contributed by atoms with Gasteiger partial charge in [0.05, 0.1) is 27.6 Å². The third-order valence-electron chi connectivity index (χ3n) is 6.59. The van der Waals surface area contributed by atoms with Crippen LogP contribution in [0.25, 0.3) is 22.2 Å². The third-order valence-corrected chi connectivity index (χ3v) is 6.87. The maximum atomic E-state index is 13.0. The minimum absolute atomic E-state index is 0.0655. The molecule has 0 aliphatic carbocycles. The lowest BCUT2D eigenvalue weighted by molar-refractivity contribution is -0.118. The number of anilines is 2. The number of ether oxygens (including phenoxy) is 1. The normalized spacial score (nSPS) is 11.6. The molecule has 4 rings (SSSR count). The predicted octanol–water partition coefficient (Wildman–Crippen LogP) is 6.00. The SMILES string of the molecule is CC(=O)Nc1cc(Cc2ncc(Cl)c(-c3cn(C(=O)OC(C)(C)C)c4ccccc34)n2)ccc1N(C)C(=O)CCN(C)C. The van der Waals surface area contributed by atoms with Crippen molar-refractivity contribution >= 4 is 51.8 Å². The standard InChI is InChI=1S/C32H37ClN6O4/c1-20(40)35-25-16-21(12-13-27(25)38(7)29(41)14-15-37(5)6)17-28-34-18-24(33)30(36-28)23-19-39(31(42)43-32(2,3)4)26-11-9-8-10-22(23)26/h8-13,16,18-19H,14-15,17H2,1-7H3,(H,35,40). The molecule has 0 unspecified atom stereocenters. The Labute approximate surface area is 256 Å². The molecule has 1 N–H and O–H groups in total. The highest BCUT2D eigenvalue weighted by Crippen LogP contribution is 2.34. The highest BCUT2D eigenvalue weighted by atomic mass is 35.5. The van der Waals surface area contributed by atoms with Crippen LogP contribution < -0.4 is 10.2 Å². The van der Waals surface area contributed by atoms with Gasteiger partial charge in [0.1, 0.15) is 11.4 Å². The zero-order valence-corrected chi connectivity index (χ0v) is 26.3. The molecule has 2 heterocycles. The quantitative estimate of drug-likeness (QED) is 0.263. The van der Waals surface area contributed by atoms with E-state index in [0.29, 0.717) is 58.4 Å². The molecule has 2 aromatic heterocycles. The minimum Gasteiger partial charge on any atom is -0.443 e. The van der Waals surface area contributed by atoms with Crippen molar-refractivity contribution in [1.82, 2.24) is 19.4 Å². The number of nitrogens with zero attached hydrogens (tertiary/aromatic N) is 5. The lowest BCUT2D eigenvalue weighted by Gasteiger charge is -2.22. The number of nitrogens with one attached hydrogen (secondary N) is 1. The molecular weight excluding hydrogens is 568 g/mol. The van der Waals surface area contributed by atoms with Crippen LogP contribution in [-0.4, -0.2) is 70.6 Å². The zero-order chi connectivity index (χ0) is 31.5. The molecule has 4 aromatic rings. The van der Waals surface area contributed by atoms with Crippen molar-refractivity contribution in [3.63, 3.8) is 0 Å². The van der Waals surface area contributed by atoms with Crippen LogP contribution >= 0.6 is 11.6 Å². The number of benzene rings is 2. The summed E-state index contributed by atoms with van der Waals surface area (Å²) in [5.41, 5.74) is 3.09. The number of amides is 2. The highest BCUT2D eigenvalue weighted by Gasteiger charge is 2.23. The van der Waals surface area contributed by atoms with Gasteiger partial charge in [0, 0.05) is 56.7 Å². The van der Waals surface area contributed by atoms with Gasteiger partial charge in [-0.2, -0.15) is 0 Å². The fourth-order valence-electron chi connectivity index (χ4n) is 4.59. The van der Waals surface area contributed by atoms with Crippen molar-refractivity contribution in [3.05, 3.63) is 71.3 Å². The molecule has 0 radical (unpaired) electrons. The molecule has 226 valence electrons. The lowest BCUT2D eigenvalue weighted by Crippen LogP contribution is -2.30. The van der Waals surface area contributed by atoms with Crippen LogP contribution in [0.5, 0.6) is 0 Å². The summed E-state index contributed by atoms with van der Waals surface area (Å²) in [6, 6.07) is 13.0. The minimum atomic E-state index is -0.664. The van der Waals surface area contributed by atoms with E-state index in [4.69, 9.17) is 21.3 Å². The maximum Gasteiger partial charge on any atom is 0.419 e. The third kappa shape index (κ3) is 7.77. The van der Waals surface area contributed by atoms with E-state index in [-0.39, 0.29) is 11.8 Å². The Morgan fingerprint density at radius 1 is 1.07 bits per heavy atom. The van der Waals surface area contributed by atoms with Crippen LogP contribution in [-0.2, 0) is 20.7 Å². The lowest BCUT2D eigenvalue weighted by atomic mass is 10.1. The largest absolute Gasteiger partial charge is 0.443 e. The Kier molecular flexibility index (Phi) is 9.52. The molecule has 0 saturated carbocycles. The first kappa shape index (κ1) is 31.7. The summed E-state index contributed by atoms with van der Waals surface area (Å²) in [6.45, 7) is 7.48. The van der Waals surface area contributed by atoms with Gasteiger partial charge in [0.15, 0.2) is 0 Å². The van der Waals surface area contributed by atoms with Gasteiger partial charge >= 0.3 is 6.09 Å². The van der Waals surface area contributed by atoms with Gasteiger partial charge in [-0.15, -0.1) is 0 Å². The molecule has 0 spiro atoms. The van der Waals surface area contributed by atoms with Crippen molar-refractivity contribution in [2.75, 3.05) is 37.9 Å². The van der Waals surface area contributed by atoms with Crippen LogP contribution in [0, 0.1) is 0 Å². The first-order valence-electron chi connectivity index (χ1n) is 13.9. The van der Waals surface area contributed by atoms with Gasteiger partial charge in [0.25, 0.3) is 0 Å². The number of hydrogen-bond acceptors (Lipinski definition) is 7. The van der Waals surface area contributed by atoms with E-state index in [9.17, 15) is 14.4 Å². The van der Waals surface area contributed by atoms with Crippen LogP contribution in [0.2, 0.25) is 5.02 Å². The van der Waals surface area contributed by atoms with Gasteiger partial charge in [-0.1, -0.05) is 35.9 Å². The van der Waals surface area contributed by atoms with Crippen LogP contribution in [0.1, 0.15) is 45.5 Å². The molecule has 43 heavy (non-hydrogen) atoms. The number of fused-ring (bicyclic) bond motifs is 1. The summed E-state index contributed by atoms with van der Waals surface area (Å²) < 4.78 is 7.08. The average molecular weight is 605 g/mol. The van der Waals surface area contributed by atoms with E-state index < -0.39 is 11.7 Å². The van der Waals surface area contributed by atoms with Gasteiger partial charge in [0.2, 0.25) is 11.8 Å². The van der Waals surface area contributed by atoms with Crippen molar-refractivity contribution in [1.29, 1.82) is 0 Å². The second-order valence-corrected chi connectivity index (χ2v) is 12.0. The number of hydrogen-bond donors (Lipinski definition) is 1. The van der Waals surface area contributed by atoms with Crippen LogP contribution in [0.4, 0.5) is 16.2 Å². The fourth-order valence-corrected chi connectivity index (χ4v) is 4.78. The van der Waals surface area contributed by atoms with Crippen LogP contribution in [0.15, 0.2) is 54.9 Å². The Hall–Kier alpha value is -4.28. The van der Waals surface area contributed by atoms with E-state index in [0.717, 1.165) is 10.9 Å². The van der Waals surface area contributed by atoms with E-state index in [1.165, 1.54) is 11.5 Å². The number of para-hydroxylation sites is 1. The van der Waals surface area contributed by atoms with E-state index in [1.807, 2.05) is 76.2 Å². The first-order valence-corrected chi connectivity index (χ1v) is 14.3. The van der Waals surface area contributed by atoms with Crippen molar-refractivity contribution < 1.29 is 19.1 Å². The molecule has 2 aromatic carbocycles. The number of rotatable bonds is 8. The molecule has 0 aliphatic heterocycles. The van der Waals surface area contributed by atoms with Gasteiger partial charge in [-0.05, 0) is 58.6 Å². The molecule has 0 saturated heterocycles. The molecule has 0 atom stereocenters. The van der Waals surface area contributed by atoms with E-state index in [1.54, 1.807) is 30.4 Å². The summed E-state index contributed by atoms with van der Waals surface area (Å²) in [5, 5.41) is 3.97. The first-order chi connectivity index (χ1) is 20.2. The fraction of sp³-hybridized carbons (Fsp3) is 0.344. The number of carbonyl (C=O) groups is 3. The molecule has 0 aliphatic rings. The molecular formula is C32H37ClN6O4. The molecule has 0 bridgehead atoms. The van der Waals surface area contributed by atoms with Gasteiger partial charge in [-0.3, -0.25) is 14.2 Å². The van der Waals surface area contributed by atoms with Crippen molar-refractivity contribution in [3.8, 4) is 11.3 Å². The second-order valence-electron chi connectivity index (χ2n) is 11.6. The average Bonchev–Trinajstić information content (AvgIpc) is 3.31. The molecule has 0 fully saturated rings. The predicted molar refractivity (Wildman–Crippen MR) is 170 cm³/mol. The Morgan fingerprint density at radius 2 is 1.79 bits per heavy atom. The summed E-state index contributed by atoms with van der Waals surface area (Å²) in [4.78, 5) is 50.6. The Morgan fingerprint density at radius 3 is 2.47 bits per heavy atom. The summed E-state index contributed by atoms with van der Waals surface area (Å²) in [6.07, 6.45) is 3.40. The van der Waals surface area contributed by atoms with Gasteiger partial charge < -0.3 is 19.9 Å². The summed E-state index contributed by atoms with van der Waals surface area (Å²) in [5.74, 6) is 0.175. The highest BCUT2D eigenvalue weighted by molar-refractivity contribution is 6.33. The Bertz CT molecular complexity index is 1670. The topological polar surface area (TPSA) is 110 Å². The maximum absolute atomic E-state index is 13.0. The second kappa shape index (κ2) is 12.9. The van der Waals surface area contributed by atoms with Crippen molar-refractivity contribution in [2.24, 2.45) is 0 Å². The molecule has 2 amide bonds. The van der Waals surface area contributed by atoms with E-state index in [2.05, 4.69) is 10.3 Å². The van der Waals surface area contributed by atoms with Crippen LogP contribution in [0.3, 0.4) is 0 Å². The number of aromatic nitrogens is 3. The van der Waals surface area contributed by atoms with Crippen molar-refractivity contribution in [2.45, 2.75) is 46.1 Å². The van der Waals surface area contributed by atoms with Gasteiger partial charge in [-0.25, -0.2) is 14.8 Å². The number of halogens is 1. The zero-order valence-electron chi connectivity index (χ0n) is 25.6. The smallest absolute Gasteiger partial charge is 0.419 e. The molecule has 10 nitrogen and oxygen atoms in total. The number of carbonyl (C=O) groups excluding carboxylic acids is 3. The monoisotopic (exact) mass is 604 g/mol. The summed E-state index contributed by atoms with van der Waals surface area (Å²) >= 11 is 6.60. The Balaban J connectivity index is 1.68. The molecule has 11 heteroatoms.